The molecule has 0 spiro atoms. The Hall–Kier alpha value is -2.95. The van der Waals surface area contributed by atoms with E-state index in [-0.39, 0.29) is 53.0 Å². The molecule has 0 atom stereocenters. The second kappa shape index (κ2) is 9.91. The standard InChI is InChI=1S/C27H31ClF3N3O5/c1-26(2,3)39-25(37)32-17-12-34(13-17)23(35)15-6-8-33(9-7-15)24(36)22-20(28)18-10-16(14-4-5-14)11-19(21(18)38-22)27(29,30)31/h10-11,14-15,17H,4-9,12-13H2,1-3H3,(H,32,37). The zero-order valence-corrected chi connectivity index (χ0v) is 22.7. The lowest BCUT2D eigenvalue weighted by Crippen LogP contribution is -2.62. The largest absolute Gasteiger partial charge is 0.449 e. The number of hydrogen-bond donors (Lipinski definition) is 1. The lowest BCUT2D eigenvalue weighted by atomic mass is 9.93. The van der Waals surface area contributed by atoms with E-state index < -0.39 is 34.9 Å². The van der Waals surface area contributed by atoms with Crippen molar-refractivity contribution in [1.29, 1.82) is 0 Å². The number of furan rings is 1. The first kappa shape index (κ1) is 27.6. The number of alkyl halides is 3. The SMILES string of the molecule is CC(C)(C)OC(=O)NC1CN(C(=O)C2CCN(C(=O)c3oc4c(C(F)(F)F)cc(C5CC5)cc4c3Cl)CC2)C1. The Morgan fingerprint density at radius 3 is 2.23 bits per heavy atom. The van der Waals surface area contributed by atoms with Crippen LogP contribution in [0.5, 0.6) is 0 Å². The molecule has 1 aromatic heterocycles. The molecular formula is C27H31ClF3N3O5. The highest BCUT2D eigenvalue weighted by molar-refractivity contribution is 6.38. The van der Waals surface area contributed by atoms with Crippen LogP contribution >= 0.6 is 11.6 Å². The van der Waals surface area contributed by atoms with Crippen LogP contribution in [0.4, 0.5) is 18.0 Å². The molecule has 39 heavy (non-hydrogen) atoms. The number of ether oxygens (including phenoxy) is 1. The van der Waals surface area contributed by atoms with Crippen LogP contribution in [0.2, 0.25) is 5.02 Å². The van der Waals surface area contributed by atoms with Crippen LogP contribution in [0.15, 0.2) is 16.5 Å². The summed E-state index contributed by atoms with van der Waals surface area (Å²) >= 11 is 6.41. The van der Waals surface area contributed by atoms with Crippen LogP contribution in [-0.2, 0) is 15.7 Å². The van der Waals surface area contributed by atoms with Crippen LogP contribution in [0.3, 0.4) is 0 Å². The quantitative estimate of drug-likeness (QED) is 0.520. The number of amides is 3. The van der Waals surface area contributed by atoms with E-state index in [2.05, 4.69) is 5.32 Å². The number of benzene rings is 1. The minimum atomic E-state index is -4.65. The summed E-state index contributed by atoms with van der Waals surface area (Å²) in [6, 6.07) is 2.50. The summed E-state index contributed by atoms with van der Waals surface area (Å²) in [6.45, 7) is 6.57. The zero-order chi connectivity index (χ0) is 28.3. The summed E-state index contributed by atoms with van der Waals surface area (Å²) in [7, 11) is 0. The number of piperidine rings is 1. The van der Waals surface area contributed by atoms with Gasteiger partial charge in [-0.2, -0.15) is 13.2 Å². The van der Waals surface area contributed by atoms with E-state index in [1.807, 2.05) is 0 Å². The third kappa shape index (κ3) is 5.83. The predicted molar refractivity (Wildman–Crippen MR) is 137 cm³/mol. The van der Waals surface area contributed by atoms with Crippen molar-refractivity contribution in [3.63, 3.8) is 0 Å². The fraction of sp³-hybridized carbons (Fsp3) is 0.593. The van der Waals surface area contributed by atoms with Crippen molar-refractivity contribution in [3.8, 4) is 0 Å². The van der Waals surface area contributed by atoms with Gasteiger partial charge in [0.1, 0.15) is 11.2 Å². The molecular weight excluding hydrogens is 539 g/mol. The van der Waals surface area contributed by atoms with E-state index in [1.54, 1.807) is 31.7 Å². The summed E-state index contributed by atoms with van der Waals surface area (Å²) in [5.41, 5.74) is -1.43. The van der Waals surface area contributed by atoms with Crippen molar-refractivity contribution in [3.05, 3.63) is 34.0 Å². The van der Waals surface area contributed by atoms with E-state index in [1.165, 1.54) is 4.90 Å². The number of carbonyl (C=O) groups excluding carboxylic acids is 3. The Kier molecular flexibility index (Phi) is 7.01. The first-order valence-electron chi connectivity index (χ1n) is 13.1. The van der Waals surface area contributed by atoms with Gasteiger partial charge < -0.3 is 24.3 Å². The first-order chi connectivity index (χ1) is 18.2. The summed E-state index contributed by atoms with van der Waals surface area (Å²) < 4.78 is 52.1. The molecule has 2 aliphatic heterocycles. The van der Waals surface area contributed by atoms with E-state index in [0.717, 1.165) is 18.9 Å². The molecule has 212 valence electrons. The second-order valence-electron chi connectivity index (χ2n) is 11.6. The van der Waals surface area contributed by atoms with Gasteiger partial charge in [-0.15, -0.1) is 0 Å². The van der Waals surface area contributed by atoms with Gasteiger partial charge in [0.25, 0.3) is 5.91 Å². The number of hydrogen-bond acceptors (Lipinski definition) is 5. The number of nitrogens with zero attached hydrogens (tertiary/aromatic N) is 2. The molecule has 0 bridgehead atoms. The number of rotatable bonds is 4. The molecule has 8 nitrogen and oxygen atoms in total. The summed E-state index contributed by atoms with van der Waals surface area (Å²) in [5.74, 6) is -1.18. The van der Waals surface area contributed by atoms with E-state index in [4.69, 9.17) is 20.8 Å². The molecule has 1 aromatic carbocycles. The maximum Gasteiger partial charge on any atom is 0.420 e. The van der Waals surface area contributed by atoms with Crippen molar-refractivity contribution in [2.75, 3.05) is 26.2 Å². The van der Waals surface area contributed by atoms with Gasteiger partial charge in [-0.1, -0.05) is 11.6 Å². The van der Waals surface area contributed by atoms with Gasteiger partial charge in [-0.25, -0.2) is 4.79 Å². The molecule has 2 saturated heterocycles. The molecule has 0 unspecified atom stereocenters. The fourth-order valence-corrected chi connectivity index (χ4v) is 5.41. The summed E-state index contributed by atoms with van der Waals surface area (Å²) in [4.78, 5) is 41.2. The Bertz CT molecular complexity index is 1300. The van der Waals surface area contributed by atoms with Gasteiger partial charge in [0, 0.05) is 37.5 Å². The van der Waals surface area contributed by atoms with Gasteiger partial charge in [-0.3, -0.25) is 9.59 Å². The monoisotopic (exact) mass is 569 g/mol. The maximum atomic E-state index is 13.8. The van der Waals surface area contributed by atoms with Crippen molar-refractivity contribution >= 4 is 40.5 Å². The summed E-state index contributed by atoms with van der Waals surface area (Å²) in [6.07, 6.45) is -2.74. The fourth-order valence-electron chi connectivity index (χ4n) is 5.15. The van der Waals surface area contributed by atoms with Gasteiger partial charge in [0.05, 0.1) is 16.6 Å². The maximum absolute atomic E-state index is 13.8. The van der Waals surface area contributed by atoms with Crippen molar-refractivity contribution in [2.24, 2.45) is 5.92 Å². The molecule has 1 saturated carbocycles. The number of halogens is 4. The second-order valence-corrected chi connectivity index (χ2v) is 12.0. The lowest BCUT2D eigenvalue weighted by Gasteiger charge is -2.42. The molecule has 1 aliphatic carbocycles. The Balaban J connectivity index is 1.20. The van der Waals surface area contributed by atoms with Crippen LogP contribution in [0, 0.1) is 5.92 Å². The van der Waals surface area contributed by atoms with Gasteiger partial charge in [0.15, 0.2) is 0 Å². The van der Waals surface area contributed by atoms with E-state index >= 15 is 0 Å². The predicted octanol–water partition coefficient (Wildman–Crippen LogP) is 5.57. The Morgan fingerprint density at radius 1 is 1.03 bits per heavy atom. The third-order valence-electron chi connectivity index (χ3n) is 7.35. The number of nitrogens with one attached hydrogen (secondary N) is 1. The zero-order valence-electron chi connectivity index (χ0n) is 22.0. The number of carbonyl (C=O) groups is 3. The van der Waals surface area contributed by atoms with Crippen LogP contribution in [-0.4, -0.2) is 65.5 Å². The van der Waals surface area contributed by atoms with E-state index in [9.17, 15) is 27.6 Å². The van der Waals surface area contributed by atoms with Crippen molar-refractivity contribution in [2.45, 2.75) is 70.2 Å². The van der Waals surface area contributed by atoms with Gasteiger partial charge >= 0.3 is 12.3 Å². The first-order valence-corrected chi connectivity index (χ1v) is 13.5. The van der Waals surface area contributed by atoms with Crippen LogP contribution in [0.25, 0.3) is 11.0 Å². The molecule has 3 heterocycles. The van der Waals surface area contributed by atoms with E-state index in [0.29, 0.717) is 31.5 Å². The molecule has 3 fully saturated rings. The molecule has 12 heteroatoms. The molecule has 3 amide bonds. The highest BCUT2D eigenvalue weighted by Crippen LogP contribution is 2.47. The topological polar surface area (TPSA) is 92.1 Å². The highest BCUT2D eigenvalue weighted by Gasteiger charge is 2.40. The van der Waals surface area contributed by atoms with Gasteiger partial charge in [0.2, 0.25) is 11.7 Å². The summed E-state index contributed by atoms with van der Waals surface area (Å²) in [5, 5.41) is 2.71. The lowest BCUT2D eigenvalue weighted by molar-refractivity contribution is -0.142. The molecule has 1 N–H and O–H groups in total. The smallest absolute Gasteiger partial charge is 0.420 e. The van der Waals surface area contributed by atoms with Crippen LogP contribution in [0.1, 0.15) is 74.1 Å². The number of fused-ring (bicyclic) bond motifs is 1. The Morgan fingerprint density at radius 2 is 1.67 bits per heavy atom. The average molecular weight is 570 g/mol. The van der Waals surface area contributed by atoms with Crippen LogP contribution < -0.4 is 5.32 Å². The highest BCUT2D eigenvalue weighted by atomic mass is 35.5. The number of likely N-dealkylation sites (tertiary alicyclic amines) is 2. The normalized spacial score (nSPS) is 19.3. The minimum absolute atomic E-state index is 0.0477. The molecule has 2 aromatic rings. The average Bonchev–Trinajstić information content (AvgIpc) is 3.62. The minimum Gasteiger partial charge on any atom is -0.449 e. The molecule has 5 rings (SSSR count). The van der Waals surface area contributed by atoms with Gasteiger partial charge in [-0.05, 0) is 70.1 Å². The Labute approximate surface area is 228 Å². The molecule has 0 radical (unpaired) electrons. The molecule has 3 aliphatic rings. The number of alkyl carbamates (subject to hydrolysis) is 1. The third-order valence-corrected chi connectivity index (χ3v) is 7.72. The van der Waals surface area contributed by atoms with Crippen molar-refractivity contribution < 1.29 is 36.7 Å². The van der Waals surface area contributed by atoms with Crippen molar-refractivity contribution in [1.82, 2.24) is 15.1 Å².